The number of carbonyl (C=O) groups is 2. The molecule has 4 N–H and O–H groups in total. The minimum Gasteiger partial charge on any atom is -0.481 e. The van der Waals surface area contributed by atoms with Crippen molar-refractivity contribution in [2.45, 2.75) is 31.0 Å². The van der Waals surface area contributed by atoms with Gasteiger partial charge >= 0.3 is 41.5 Å². The summed E-state index contributed by atoms with van der Waals surface area (Å²) in [4.78, 5) is 22.1. The zero-order valence-electron chi connectivity index (χ0n) is 9.46. The normalized spacial score (nSPS) is 39.2. The van der Waals surface area contributed by atoms with Crippen molar-refractivity contribution >= 4 is 11.9 Å². The molecule has 17 heavy (non-hydrogen) atoms. The number of aliphatic hydroxyl groups is 1. The number of rotatable bonds is 2. The molecule has 2 rings (SSSR count). The molecule has 2 bridgehead atoms. The molecule has 0 aromatic carbocycles. The molecule has 1 fully saturated rings. The van der Waals surface area contributed by atoms with Crippen molar-refractivity contribution in [3.63, 3.8) is 0 Å². The van der Waals surface area contributed by atoms with Crippen molar-refractivity contribution in [1.29, 1.82) is 0 Å². The van der Waals surface area contributed by atoms with E-state index in [1.165, 1.54) is 12.2 Å². The number of aliphatic hydroxyl groups excluding tert-OH is 1. The molecular weight excluding hydrogens is 237 g/mol. The number of fused-ring (bicyclic) bond motifs is 2. The van der Waals surface area contributed by atoms with Gasteiger partial charge in [-0.1, -0.05) is 12.2 Å². The molecule has 1 saturated heterocycles. The van der Waals surface area contributed by atoms with E-state index in [1.54, 1.807) is 0 Å². The smallest absolute Gasteiger partial charge is 0.481 e. The third-order valence-corrected chi connectivity index (χ3v) is 3.32. The van der Waals surface area contributed by atoms with Gasteiger partial charge in [0.05, 0.1) is 11.5 Å². The fourth-order valence-electron chi connectivity index (χ4n) is 2.39. The van der Waals surface area contributed by atoms with Crippen LogP contribution in [0.4, 0.5) is 0 Å². The van der Waals surface area contributed by atoms with Gasteiger partial charge in [0.25, 0.3) is 0 Å². The third kappa shape index (κ3) is 2.56. The van der Waals surface area contributed by atoms with E-state index >= 15 is 0 Å². The second-order valence-electron chi connectivity index (χ2n) is 4.38. The van der Waals surface area contributed by atoms with E-state index in [0.717, 1.165) is 0 Å². The van der Waals surface area contributed by atoms with Crippen LogP contribution in [-0.4, -0.2) is 45.4 Å². The van der Waals surface area contributed by atoms with E-state index in [0.29, 0.717) is 0 Å². The Labute approximate surface area is 120 Å². The van der Waals surface area contributed by atoms with Gasteiger partial charge in [0.1, 0.15) is 6.04 Å². The summed E-state index contributed by atoms with van der Waals surface area (Å²) in [6, 6.07) is -1.43. The van der Waals surface area contributed by atoms with Crippen LogP contribution in [0.15, 0.2) is 12.2 Å². The van der Waals surface area contributed by atoms with Crippen molar-refractivity contribution in [2.24, 2.45) is 5.41 Å². The Morgan fingerprint density at radius 1 is 1.29 bits per heavy atom. The van der Waals surface area contributed by atoms with Crippen molar-refractivity contribution in [2.75, 3.05) is 0 Å². The first-order valence-corrected chi connectivity index (χ1v) is 5.04. The van der Waals surface area contributed by atoms with E-state index in [1.807, 2.05) is 0 Å². The van der Waals surface area contributed by atoms with Crippen LogP contribution in [-0.2, 0) is 9.59 Å². The van der Waals surface area contributed by atoms with Crippen LogP contribution in [0.3, 0.4) is 0 Å². The summed E-state index contributed by atoms with van der Waals surface area (Å²) >= 11 is 0. The molecule has 0 spiro atoms. The van der Waals surface area contributed by atoms with Crippen LogP contribution in [0.5, 0.6) is 0 Å². The average molecular weight is 250 g/mol. The summed E-state index contributed by atoms with van der Waals surface area (Å²) in [6.45, 7) is 0. The Hall–Kier alpha value is -0.400. The summed E-state index contributed by atoms with van der Waals surface area (Å²) in [5.41, 5.74) is -1.15. The molecule has 0 radical (unpaired) electrons. The van der Waals surface area contributed by atoms with E-state index in [4.69, 9.17) is 5.11 Å². The molecule has 6 nitrogen and oxygen atoms in total. The van der Waals surface area contributed by atoms with E-state index in [-0.39, 0.29) is 42.4 Å². The van der Waals surface area contributed by atoms with Gasteiger partial charge in [0.2, 0.25) is 0 Å². The molecule has 0 aromatic heterocycles. The van der Waals surface area contributed by atoms with E-state index in [9.17, 15) is 19.8 Å². The van der Waals surface area contributed by atoms with E-state index in [2.05, 4.69) is 5.32 Å². The fourth-order valence-corrected chi connectivity index (χ4v) is 2.39. The number of hydrogen-bond donors (Lipinski definition) is 4. The number of aliphatic carboxylic acids is 2. The Kier molecular flexibility index (Phi) is 4.38. The summed E-state index contributed by atoms with van der Waals surface area (Å²) in [5, 5.41) is 30.4. The number of piperidine rings is 1. The second kappa shape index (κ2) is 5.07. The zero-order chi connectivity index (χ0) is 11.9. The topological polar surface area (TPSA) is 107 Å². The third-order valence-electron chi connectivity index (χ3n) is 3.32. The maximum atomic E-state index is 11.2. The quantitative estimate of drug-likeness (QED) is 0.296. The molecule has 4 atom stereocenters. The first kappa shape index (κ1) is 14.7. The van der Waals surface area contributed by atoms with Crippen molar-refractivity contribution in [3.05, 3.63) is 12.2 Å². The van der Waals surface area contributed by atoms with Crippen LogP contribution >= 0.6 is 0 Å². The summed E-state index contributed by atoms with van der Waals surface area (Å²) in [6.07, 6.45) is 2.26. The maximum Gasteiger partial charge on any atom is 1.00 e. The van der Waals surface area contributed by atoms with Crippen LogP contribution in [0.2, 0.25) is 0 Å². The Morgan fingerprint density at radius 2 is 1.94 bits per heavy atom. The van der Waals surface area contributed by atoms with Crippen LogP contribution in [0.25, 0.3) is 0 Å². The Morgan fingerprint density at radius 3 is 2.47 bits per heavy atom. The number of carboxylic acid groups (broad SMARTS) is 2. The molecule has 0 aromatic rings. The fraction of sp³-hybridized carbons (Fsp3) is 0.600. The Balaban J connectivity index is 0.00000144. The van der Waals surface area contributed by atoms with Gasteiger partial charge in [0, 0.05) is 6.04 Å². The number of hydrogen-bond acceptors (Lipinski definition) is 4. The second-order valence-corrected chi connectivity index (χ2v) is 4.38. The van der Waals surface area contributed by atoms with Crippen LogP contribution in [0, 0.1) is 5.41 Å². The molecule has 0 saturated carbocycles. The van der Waals surface area contributed by atoms with Crippen molar-refractivity contribution in [3.8, 4) is 0 Å². The molecule has 7 heteroatoms. The minimum atomic E-state index is -1.15. The van der Waals surface area contributed by atoms with Gasteiger partial charge in [0.15, 0.2) is 0 Å². The standard InChI is InChI=1S/C10H13NO5.Na/c12-7-1-2-10(9(15)16)3-5(7)11-6(4-10)8(13)14;/h1-2,5-7,11-12H,3-4H2,(H,13,14)(H,15,16);/q;+1/t5-,6+,7-,10-;/m1./s1. The molecular formula is C10H13NNaO5+. The molecule has 88 valence electrons. The maximum absolute atomic E-state index is 11.2. The summed E-state index contributed by atoms with van der Waals surface area (Å²) in [5.74, 6) is -2.12. The monoisotopic (exact) mass is 250 g/mol. The molecule has 1 aliphatic carbocycles. The van der Waals surface area contributed by atoms with Gasteiger partial charge in [-0.05, 0) is 12.8 Å². The largest absolute Gasteiger partial charge is 1.00 e. The molecule has 1 heterocycles. The van der Waals surface area contributed by atoms with Gasteiger partial charge in [-0.3, -0.25) is 14.9 Å². The zero-order valence-corrected chi connectivity index (χ0v) is 11.5. The Bertz CT molecular complexity index is 372. The van der Waals surface area contributed by atoms with Crippen LogP contribution in [0.1, 0.15) is 12.8 Å². The van der Waals surface area contributed by atoms with Gasteiger partial charge in [-0.2, -0.15) is 0 Å². The first-order chi connectivity index (χ1) is 7.44. The van der Waals surface area contributed by atoms with E-state index < -0.39 is 35.5 Å². The summed E-state index contributed by atoms with van der Waals surface area (Å²) < 4.78 is 0. The number of carboxylic acids is 2. The number of nitrogens with one attached hydrogen (secondary N) is 1. The van der Waals surface area contributed by atoms with Gasteiger partial charge in [-0.25, -0.2) is 0 Å². The average Bonchev–Trinajstić information content (AvgIpc) is 2.23. The molecule has 1 aliphatic heterocycles. The van der Waals surface area contributed by atoms with Gasteiger partial charge < -0.3 is 15.3 Å². The molecule has 0 unspecified atom stereocenters. The van der Waals surface area contributed by atoms with Crippen molar-refractivity contribution in [1.82, 2.24) is 5.32 Å². The predicted octanol–water partition coefficient (Wildman–Crippen LogP) is -3.80. The van der Waals surface area contributed by atoms with Crippen molar-refractivity contribution < 1.29 is 54.5 Å². The van der Waals surface area contributed by atoms with Crippen LogP contribution < -0.4 is 34.9 Å². The predicted molar refractivity (Wildman–Crippen MR) is 52.8 cm³/mol. The molecule has 2 aliphatic rings. The SMILES string of the molecule is O=C(O)[C@@H]1C[C@@]2(C(=O)O)C=C[C@@H](O)[C@@H](C2)N1.[Na+]. The molecule has 0 amide bonds. The summed E-state index contributed by atoms with van der Waals surface area (Å²) in [7, 11) is 0. The first-order valence-electron chi connectivity index (χ1n) is 5.04. The van der Waals surface area contributed by atoms with Gasteiger partial charge in [-0.15, -0.1) is 0 Å². The minimum absolute atomic E-state index is 0.